The minimum absolute atomic E-state index is 0.0836. The smallest absolute Gasteiger partial charge is 0.157 e. The summed E-state index contributed by atoms with van der Waals surface area (Å²) < 4.78 is 6.90. The molecular weight excluding hydrogens is 288 g/mol. The molecular formula is C8H6Br2O2. The van der Waals surface area contributed by atoms with Crippen LogP contribution in [0, 0.1) is 0 Å². The molecule has 0 aliphatic carbocycles. The summed E-state index contributed by atoms with van der Waals surface area (Å²) in [4.78, 5) is 10.0. The van der Waals surface area contributed by atoms with Gasteiger partial charge in [-0.3, -0.25) is 4.79 Å². The van der Waals surface area contributed by atoms with Crippen molar-refractivity contribution in [2.45, 2.75) is 0 Å². The van der Waals surface area contributed by atoms with E-state index in [0.717, 1.165) is 8.95 Å². The van der Waals surface area contributed by atoms with E-state index in [1.807, 2.05) is 12.1 Å². The Hall–Kier alpha value is -0.350. The van der Waals surface area contributed by atoms with Gasteiger partial charge in [-0.05, 0) is 34.1 Å². The third-order valence-corrected chi connectivity index (χ3v) is 2.31. The molecule has 0 atom stereocenters. The molecule has 0 saturated carbocycles. The standard InChI is InChI=1S/C8H6Br2O2/c9-6-1-2-8(7(10)5-6)12-4-3-11/h1-3,5H,4H2. The van der Waals surface area contributed by atoms with Crippen molar-refractivity contribution in [1.82, 2.24) is 0 Å². The number of ether oxygens (including phenoxy) is 1. The van der Waals surface area contributed by atoms with Crippen LogP contribution in [0.15, 0.2) is 27.1 Å². The summed E-state index contributed by atoms with van der Waals surface area (Å²) in [6, 6.07) is 5.50. The van der Waals surface area contributed by atoms with Crippen molar-refractivity contribution >= 4 is 38.1 Å². The Morgan fingerprint density at radius 3 is 2.75 bits per heavy atom. The highest BCUT2D eigenvalue weighted by atomic mass is 79.9. The zero-order valence-corrected chi connectivity index (χ0v) is 9.26. The Morgan fingerprint density at radius 1 is 1.42 bits per heavy atom. The van der Waals surface area contributed by atoms with Crippen molar-refractivity contribution in [1.29, 1.82) is 0 Å². The SMILES string of the molecule is O=CCOc1ccc(Br)cc1Br. The van der Waals surface area contributed by atoms with Gasteiger partial charge in [0.05, 0.1) is 4.47 Å². The molecule has 0 bridgehead atoms. The van der Waals surface area contributed by atoms with Gasteiger partial charge in [-0.2, -0.15) is 0 Å². The molecule has 12 heavy (non-hydrogen) atoms. The molecule has 1 aromatic carbocycles. The lowest BCUT2D eigenvalue weighted by molar-refractivity contribution is -0.109. The van der Waals surface area contributed by atoms with Crippen LogP contribution in [-0.2, 0) is 4.79 Å². The highest BCUT2D eigenvalue weighted by Gasteiger charge is 1.99. The highest BCUT2D eigenvalue weighted by Crippen LogP contribution is 2.27. The van der Waals surface area contributed by atoms with Crippen LogP contribution in [0.2, 0.25) is 0 Å². The van der Waals surface area contributed by atoms with Gasteiger partial charge in [0.15, 0.2) is 6.29 Å². The van der Waals surface area contributed by atoms with Crippen molar-refractivity contribution in [3.8, 4) is 5.75 Å². The first-order valence-electron chi connectivity index (χ1n) is 3.25. The second kappa shape index (κ2) is 4.62. The molecule has 0 unspecified atom stereocenters. The van der Waals surface area contributed by atoms with Crippen LogP contribution in [0.4, 0.5) is 0 Å². The van der Waals surface area contributed by atoms with Gasteiger partial charge in [0.2, 0.25) is 0 Å². The molecule has 0 heterocycles. The van der Waals surface area contributed by atoms with Crippen LogP contribution in [-0.4, -0.2) is 12.9 Å². The number of carbonyl (C=O) groups is 1. The second-order valence-corrected chi connectivity index (χ2v) is 3.82. The first kappa shape index (κ1) is 9.74. The maximum absolute atomic E-state index is 10.0. The van der Waals surface area contributed by atoms with E-state index < -0.39 is 0 Å². The van der Waals surface area contributed by atoms with Gasteiger partial charge in [0.1, 0.15) is 12.4 Å². The lowest BCUT2D eigenvalue weighted by Gasteiger charge is -2.04. The van der Waals surface area contributed by atoms with Gasteiger partial charge in [-0.1, -0.05) is 15.9 Å². The van der Waals surface area contributed by atoms with Crippen LogP contribution >= 0.6 is 31.9 Å². The minimum atomic E-state index is 0.0836. The van der Waals surface area contributed by atoms with E-state index >= 15 is 0 Å². The van der Waals surface area contributed by atoms with E-state index in [4.69, 9.17) is 4.74 Å². The fraction of sp³-hybridized carbons (Fsp3) is 0.125. The van der Waals surface area contributed by atoms with E-state index in [9.17, 15) is 4.79 Å². The molecule has 0 N–H and O–H groups in total. The van der Waals surface area contributed by atoms with E-state index in [1.165, 1.54) is 0 Å². The van der Waals surface area contributed by atoms with Crippen LogP contribution in [0.1, 0.15) is 0 Å². The molecule has 0 aromatic heterocycles. The van der Waals surface area contributed by atoms with Crippen molar-refractivity contribution in [3.05, 3.63) is 27.1 Å². The van der Waals surface area contributed by atoms with Gasteiger partial charge in [-0.15, -0.1) is 0 Å². The van der Waals surface area contributed by atoms with Gasteiger partial charge in [0.25, 0.3) is 0 Å². The zero-order chi connectivity index (χ0) is 8.97. The topological polar surface area (TPSA) is 26.3 Å². The largest absolute Gasteiger partial charge is 0.485 e. The lowest BCUT2D eigenvalue weighted by atomic mass is 10.3. The van der Waals surface area contributed by atoms with Gasteiger partial charge in [0, 0.05) is 4.47 Å². The molecule has 0 aliphatic heterocycles. The second-order valence-electron chi connectivity index (χ2n) is 2.05. The molecule has 0 spiro atoms. The van der Waals surface area contributed by atoms with Crippen LogP contribution in [0.5, 0.6) is 5.75 Å². The van der Waals surface area contributed by atoms with Crippen molar-refractivity contribution in [2.24, 2.45) is 0 Å². The summed E-state index contributed by atoms with van der Waals surface area (Å²) in [6.45, 7) is 0.0836. The average molecular weight is 294 g/mol. The summed E-state index contributed by atoms with van der Waals surface area (Å²) in [5, 5.41) is 0. The van der Waals surface area contributed by atoms with E-state index in [1.54, 1.807) is 6.07 Å². The van der Waals surface area contributed by atoms with E-state index in [-0.39, 0.29) is 6.61 Å². The number of rotatable bonds is 3. The first-order valence-corrected chi connectivity index (χ1v) is 4.84. The first-order chi connectivity index (χ1) is 5.74. The van der Waals surface area contributed by atoms with Gasteiger partial charge >= 0.3 is 0 Å². The van der Waals surface area contributed by atoms with E-state index in [2.05, 4.69) is 31.9 Å². The normalized spacial score (nSPS) is 9.50. The molecule has 4 heteroatoms. The Morgan fingerprint density at radius 2 is 2.17 bits per heavy atom. The van der Waals surface area contributed by atoms with Crippen molar-refractivity contribution in [3.63, 3.8) is 0 Å². The summed E-state index contributed by atoms with van der Waals surface area (Å²) >= 11 is 6.62. The number of aldehydes is 1. The number of benzene rings is 1. The maximum atomic E-state index is 10.0. The third kappa shape index (κ3) is 2.60. The molecule has 0 radical (unpaired) electrons. The lowest BCUT2D eigenvalue weighted by Crippen LogP contribution is -1.97. The predicted molar refractivity (Wildman–Crippen MR) is 53.4 cm³/mol. The molecule has 1 aromatic rings. The van der Waals surface area contributed by atoms with Gasteiger partial charge < -0.3 is 4.74 Å². The monoisotopic (exact) mass is 292 g/mol. The van der Waals surface area contributed by atoms with Crippen LogP contribution < -0.4 is 4.74 Å². The molecule has 0 aliphatic rings. The zero-order valence-electron chi connectivity index (χ0n) is 6.09. The fourth-order valence-corrected chi connectivity index (χ4v) is 1.88. The minimum Gasteiger partial charge on any atom is -0.485 e. The quantitative estimate of drug-likeness (QED) is 0.801. The summed E-state index contributed by atoms with van der Waals surface area (Å²) in [5.41, 5.74) is 0. The van der Waals surface area contributed by atoms with Crippen molar-refractivity contribution in [2.75, 3.05) is 6.61 Å². The Bertz CT molecular complexity index is 286. The molecule has 2 nitrogen and oxygen atoms in total. The number of carbonyl (C=O) groups excluding carboxylic acids is 1. The molecule has 64 valence electrons. The number of hydrogen-bond acceptors (Lipinski definition) is 2. The maximum Gasteiger partial charge on any atom is 0.157 e. The number of halogens is 2. The third-order valence-electron chi connectivity index (χ3n) is 1.20. The van der Waals surface area contributed by atoms with Gasteiger partial charge in [-0.25, -0.2) is 0 Å². The summed E-state index contributed by atoms with van der Waals surface area (Å²) in [5.74, 6) is 0.672. The Kier molecular flexibility index (Phi) is 3.75. The summed E-state index contributed by atoms with van der Waals surface area (Å²) in [7, 11) is 0. The fourth-order valence-electron chi connectivity index (χ4n) is 0.716. The molecule has 0 saturated heterocycles. The Balaban J connectivity index is 2.78. The average Bonchev–Trinajstić information content (AvgIpc) is 2.03. The van der Waals surface area contributed by atoms with E-state index in [0.29, 0.717) is 12.0 Å². The summed E-state index contributed by atoms with van der Waals surface area (Å²) in [6.07, 6.45) is 0.717. The highest BCUT2D eigenvalue weighted by molar-refractivity contribution is 9.11. The van der Waals surface area contributed by atoms with Crippen LogP contribution in [0.25, 0.3) is 0 Å². The Labute approximate surface area is 87.2 Å². The molecule has 0 amide bonds. The number of hydrogen-bond donors (Lipinski definition) is 0. The molecule has 0 fully saturated rings. The van der Waals surface area contributed by atoms with Crippen molar-refractivity contribution < 1.29 is 9.53 Å². The molecule has 1 rings (SSSR count). The van der Waals surface area contributed by atoms with Crippen LogP contribution in [0.3, 0.4) is 0 Å². The predicted octanol–water partition coefficient (Wildman–Crippen LogP) is 2.79.